The number of Topliss-reactive ketones (excluding diaryl/α,β-unsaturated/α-hetero) is 1. The van der Waals surface area contributed by atoms with Crippen LogP contribution in [-0.4, -0.2) is 30.8 Å². The summed E-state index contributed by atoms with van der Waals surface area (Å²) in [5.41, 5.74) is 1.93. The zero-order chi connectivity index (χ0) is 19.4. The molecule has 0 spiro atoms. The summed E-state index contributed by atoms with van der Waals surface area (Å²) in [6, 6.07) is 9.55. The topological polar surface area (TPSA) is 67.1 Å². The summed E-state index contributed by atoms with van der Waals surface area (Å²) in [4.78, 5) is 13.3. The molecule has 0 bridgehead atoms. The molecule has 2 aromatic rings. The van der Waals surface area contributed by atoms with E-state index in [2.05, 4.69) is 0 Å². The van der Waals surface area contributed by atoms with Crippen molar-refractivity contribution in [2.45, 2.75) is 45.6 Å². The third-order valence-electron chi connectivity index (χ3n) is 4.90. The van der Waals surface area contributed by atoms with E-state index in [9.17, 15) is 4.79 Å². The number of aryl methyl sites for hydroxylation is 1. The zero-order valence-corrected chi connectivity index (χ0v) is 16.0. The van der Waals surface area contributed by atoms with E-state index in [-0.39, 0.29) is 5.78 Å². The molecule has 3 heterocycles. The quantitative estimate of drug-likeness (QED) is 0.812. The molecule has 0 radical (unpaired) electrons. The highest BCUT2D eigenvalue weighted by Crippen LogP contribution is 2.48. The smallest absolute Gasteiger partial charge is 0.318 e. The minimum absolute atomic E-state index is 0.171. The van der Waals surface area contributed by atoms with Crippen LogP contribution in [0.25, 0.3) is 16.9 Å². The van der Waals surface area contributed by atoms with Crippen molar-refractivity contribution in [3.63, 3.8) is 0 Å². The summed E-state index contributed by atoms with van der Waals surface area (Å²) in [7, 11) is 1.47. The lowest BCUT2D eigenvalue weighted by Crippen LogP contribution is -2.50. The summed E-state index contributed by atoms with van der Waals surface area (Å²) < 4.78 is 28.2. The van der Waals surface area contributed by atoms with E-state index in [0.29, 0.717) is 11.3 Å². The van der Waals surface area contributed by atoms with Crippen molar-refractivity contribution in [2.24, 2.45) is 0 Å². The van der Waals surface area contributed by atoms with Crippen LogP contribution in [0.1, 0.15) is 31.9 Å². The first-order valence-electron chi connectivity index (χ1n) is 8.77. The van der Waals surface area contributed by atoms with Crippen LogP contribution >= 0.6 is 0 Å². The van der Waals surface area contributed by atoms with Gasteiger partial charge >= 0.3 is 6.48 Å². The van der Waals surface area contributed by atoms with Crippen molar-refractivity contribution in [2.75, 3.05) is 7.11 Å². The van der Waals surface area contributed by atoms with E-state index in [4.69, 9.17) is 23.4 Å². The van der Waals surface area contributed by atoms with Crippen molar-refractivity contribution in [3.8, 4) is 11.3 Å². The van der Waals surface area contributed by atoms with E-state index in [1.165, 1.54) is 7.11 Å². The number of hydrogen-bond donors (Lipinski definition) is 0. The number of ether oxygens (including phenoxy) is 4. The maximum Gasteiger partial charge on any atom is 0.318 e. The summed E-state index contributed by atoms with van der Waals surface area (Å²) in [6.07, 6.45) is 1.62. The van der Waals surface area contributed by atoms with Crippen LogP contribution in [0.5, 0.6) is 0 Å². The molecule has 2 unspecified atom stereocenters. The van der Waals surface area contributed by atoms with Crippen LogP contribution in [0.2, 0.25) is 0 Å². The second-order valence-corrected chi connectivity index (χ2v) is 7.36. The highest BCUT2D eigenvalue weighted by atomic mass is 16.9. The minimum Gasteiger partial charge on any atom is -0.464 e. The highest BCUT2D eigenvalue weighted by molar-refractivity contribution is 6.26. The van der Waals surface area contributed by atoms with Gasteiger partial charge in [0.15, 0.2) is 11.5 Å². The van der Waals surface area contributed by atoms with Gasteiger partial charge in [0.2, 0.25) is 5.79 Å². The Morgan fingerprint density at radius 2 is 1.93 bits per heavy atom. The normalized spacial score (nSPS) is 26.9. The highest BCUT2D eigenvalue weighted by Gasteiger charge is 2.56. The molecular weight excluding hydrogens is 348 g/mol. The lowest BCUT2D eigenvalue weighted by molar-refractivity contribution is -0.299. The molecule has 1 saturated heterocycles. The van der Waals surface area contributed by atoms with E-state index >= 15 is 0 Å². The van der Waals surface area contributed by atoms with E-state index < -0.39 is 17.9 Å². The molecule has 142 valence electrons. The molecule has 0 N–H and O–H groups in total. The largest absolute Gasteiger partial charge is 0.464 e. The number of hydrogen-bond acceptors (Lipinski definition) is 6. The van der Waals surface area contributed by atoms with Crippen molar-refractivity contribution in [1.29, 1.82) is 0 Å². The Morgan fingerprint density at radius 3 is 2.59 bits per heavy atom. The maximum absolute atomic E-state index is 13.3. The summed E-state index contributed by atoms with van der Waals surface area (Å²) in [6.45, 7) is 6.21. The van der Waals surface area contributed by atoms with Crippen molar-refractivity contribution in [1.82, 2.24) is 0 Å². The van der Waals surface area contributed by atoms with E-state index in [1.807, 2.05) is 37.3 Å². The Hall–Kier alpha value is -2.41. The number of benzene rings is 1. The molecule has 6 nitrogen and oxygen atoms in total. The van der Waals surface area contributed by atoms with Gasteiger partial charge in [-0.3, -0.25) is 9.53 Å². The summed E-state index contributed by atoms with van der Waals surface area (Å²) in [5.74, 6) is -0.323. The van der Waals surface area contributed by atoms with Gasteiger partial charge < -0.3 is 18.6 Å². The van der Waals surface area contributed by atoms with Crippen molar-refractivity contribution < 1.29 is 28.2 Å². The predicted molar refractivity (Wildman–Crippen MR) is 97.3 cm³/mol. The molecule has 4 rings (SSSR count). The lowest BCUT2D eigenvalue weighted by Gasteiger charge is -2.38. The molecule has 2 aliphatic heterocycles. The van der Waals surface area contributed by atoms with Gasteiger partial charge in [-0.25, -0.2) is 0 Å². The van der Waals surface area contributed by atoms with Gasteiger partial charge in [-0.05, 0) is 57.0 Å². The van der Waals surface area contributed by atoms with Crippen LogP contribution in [0, 0.1) is 6.92 Å². The number of carbonyl (C=O) groups is 1. The average molecular weight is 370 g/mol. The SMILES string of the molecule is COC1OC2=C(c3cc(-c4ccco4)ccc3C)C(=O)C(C)(C)OC2(C)O1. The average Bonchev–Trinajstić information content (AvgIpc) is 3.24. The molecular formula is C21H22O6. The van der Waals surface area contributed by atoms with Crippen LogP contribution in [0.3, 0.4) is 0 Å². The fourth-order valence-electron chi connectivity index (χ4n) is 3.59. The Bertz CT molecular complexity index is 924. The molecule has 27 heavy (non-hydrogen) atoms. The fourth-order valence-corrected chi connectivity index (χ4v) is 3.59. The van der Waals surface area contributed by atoms with Crippen LogP contribution < -0.4 is 0 Å². The van der Waals surface area contributed by atoms with Crippen molar-refractivity contribution in [3.05, 3.63) is 53.5 Å². The van der Waals surface area contributed by atoms with Gasteiger partial charge in [0.05, 0.1) is 11.8 Å². The number of ketones is 1. The number of carbonyl (C=O) groups excluding carboxylic acids is 1. The zero-order valence-electron chi connectivity index (χ0n) is 16.0. The molecule has 0 amide bonds. The first-order chi connectivity index (χ1) is 12.7. The van der Waals surface area contributed by atoms with Gasteiger partial charge in [-0.1, -0.05) is 12.1 Å². The molecule has 2 atom stereocenters. The van der Waals surface area contributed by atoms with Crippen LogP contribution in [0.4, 0.5) is 0 Å². The van der Waals surface area contributed by atoms with Crippen LogP contribution in [-0.2, 0) is 23.7 Å². The molecule has 0 saturated carbocycles. The number of furan rings is 1. The molecule has 6 heteroatoms. The molecule has 1 aromatic carbocycles. The molecule has 2 aliphatic rings. The summed E-state index contributed by atoms with van der Waals surface area (Å²) in [5, 5.41) is 0. The molecule has 0 aliphatic carbocycles. The summed E-state index contributed by atoms with van der Waals surface area (Å²) >= 11 is 0. The molecule has 1 fully saturated rings. The van der Waals surface area contributed by atoms with Gasteiger partial charge in [0.1, 0.15) is 11.4 Å². The Balaban J connectivity index is 1.94. The van der Waals surface area contributed by atoms with Gasteiger partial charge in [-0.2, -0.15) is 0 Å². The van der Waals surface area contributed by atoms with Gasteiger partial charge in [-0.15, -0.1) is 0 Å². The fraction of sp³-hybridized carbons (Fsp3) is 0.381. The minimum atomic E-state index is -1.21. The molecule has 1 aromatic heterocycles. The van der Waals surface area contributed by atoms with Gasteiger partial charge in [0, 0.05) is 12.7 Å². The number of rotatable bonds is 3. The van der Waals surface area contributed by atoms with E-state index in [0.717, 1.165) is 22.5 Å². The second kappa shape index (κ2) is 6.05. The first-order valence-corrected chi connectivity index (χ1v) is 8.77. The third kappa shape index (κ3) is 2.81. The van der Waals surface area contributed by atoms with E-state index in [1.54, 1.807) is 27.0 Å². The Labute approximate surface area is 157 Å². The number of fused-ring (bicyclic) bond motifs is 1. The maximum atomic E-state index is 13.3. The monoisotopic (exact) mass is 370 g/mol. The predicted octanol–water partition coefficient (Wildman–Crippen LogP) is 4.04. The standard InChI is InChI=1S/C21H22O6/c1-12-8-9-13(15-7-6-10-24-15)11-14(12)16-17(22)20(2,3)27-21(4)18(16)25-19(23-5)26-21/h6-11,19H,1-5H3. The first kappa shape index (κ1) is 18.0. The third-order valence-corrected chi connectivity index (χ3v) is 4.90. The lowest BCUT2D eigenvalue weighted by atomic mass is 9.84. The van der Waals surface area contributed by atoms with Crippen molar-refractivity contribution >= 4 is 11.4 Å². The number of methoxy groups -OCH3 is 1. The van der Waals surface area contributed by atoms with Gasteiger partial charge in [0.25, 0.3) is 0 Å². The second-order valence-electron chi connectivity index (χ2n) is 7.36. The Kier molecular flexibility index (Phi) is 4.03. The van der Waals surface area contributed by atoms with Crippen LogP contribution in [0.15, 0.2) is 46.8 Å². The Morgan fingerprint density at radius 1 is 1.15 bits per heavy atom.